The monoisotopic (exact) mass is 239 g/mol. The Balaban J connectivity index is 2.60. The standard InChI is InChI=1S/C13H21NO3/c1-9(2)11(8-15)14-7-10-4-5-13(17-3)12(16)6-10/h4-6,9,11,14-16H,7-8H2,1-3H3/t11-/m1/s1. The number of hydrogen-bond acceptors (Lipinski definition) is 4. The Hall–Kier alpha value is -1.26. The van der Waals surface area contributed by atoms with Crippen LogP contribution in [0.3, 0.4) is 0 Å². The molecule has 0 aromatic heterocycles. The van der Waals surface area contributed by atoms with Crippen LogP contribution in [0.25, 0.3) is 0 Å². The van der Waals surface area contributed by atoms with Gasteiger partial charge in [0.15, 0.2) is 11.5 Å². The summed E-state index contributed by atoms with van der Waals surface area (Å²) < 4.78 is 4.97. The molecule has 1 atom stereocenters. The van der Waals surface area contributed by atoms with Crippen LogP contribution >= 0.6 is 0 Å². The van der Waals surface area contributed by atoms with Crippen molar-refractivity contribution < 1.29 is 14.9 Å². The number of phenols is 1. The molecule has 4 nitrogen and oxygen atoms in total. The van der Waals surface area contributed by atoms with Crippen molar-refractivity contribution in [2.75, 3.05) is 13.7 Å². The number of aliphatic hydroxyl groups excluding tert-OH is 1. The maximum absolute atomic E-state index is 9.62. The zero-order valence-corrected chi connectivity index (χ0v) is 10.6. The number of phenolic OH excluding ortho intramolecular Hbond substituents is 1. The highest BCUT2D eigenvalue weighted by Crippen LogP contribution is 2.26. The lowest BCUT2D eigenvalue weighted by Crippen LogP contribution is -2.36. The summed E-state index contributed by atoms with van der Waals surface area (Å²) in [7, 11) is 1.52. The summed E-state index contributed by atoms with van der Waals surface area (Å²) in [5, 5.41) is 22.0. The molecule has 3 N–H and O–H groups in total. The topological polar surface area (TPSA) is 61.7 Å². The fourth-order valence-corrected chi connectivity index (χ4v) is 1.61. The zero-order valence-electron chi connectivity index (χ0n) is 10.6. The van der Waals surface area contributed by atoms with Crippen LogP contribution < -0.4 is 10.1 Å². The van der Waals surface area contributed by atoms with Crippen LogP contribution in [0.1, 0.15) is 19.4 Å². The Morgan fingerprint density at radius 3 is 2.53 bits per heavy atom. The summed E-state index contributed by atoms with van der Waals surface area (Å²) >= 11 is 0. The molecule has 0 aliphatic carbocycles. The van der Waals surface area contributed by atoms with Crippen LogP contribution in [-0.4, -0.2) is 30.0 Å². The zero-order chi connectivity index (χ0) is 12.8. The van der Waals surface area contributed by atoms with Crippen LogP contribution in [-0.2, 0) is 6.54 Å². The minimum Gasteiger partial charge on any atom is -0.504 e. The van der Waals surface area contributed by atoms with E-state index in [4.69, 9.17) is 4.74 Å². The predicted molar refractivity (Wildman–Crippen MR) is 67.2 cm³/mol. The third-order valence-electron chi connectivity index (χ3n) is 2.81. The highest BCUT2D eigenvalue weighted by atomic mass is 16.5. The maximum Gasteiger partial charge on any atom is 0.160 e. The van der Waals surface area contributed by atoms with Crippen LogP contribution in [0.15, 0.2) is 18.2 Å². The van der Waals surface area contributed by atoms with E-state index < -0.39 is 0 Å². The number of rotatable bonds is 6. The van der Waals surface area contributed by atoms with Gasteiger partial charge in [0, 0.05) is 12.6 Å². The normalized spacial score (nSPS) is 12.8. The van der Waals surface area contributed by atoms with E-state index in [0.717, 1.165) is 5.56 Å². The van der Waals surface area contributed by atoms with Gasteiger partial charge < -0.3 is 20.3 Å². The lowest BCUT2D eigenvalue weighted by atomic mass is 10.0. The van der Waals surface area contributed by atoms with Gasteiger partial charge in [0.25, 0.3) is 0 Å². The van der Waals surface area contributed by atoms with E-state index in [1.54, 1.807) is 12.1 Å². The van der Waals surface area contributed by atoms with Crippen molar-refractivity contribution in [1.29, 1.82) is 0 Å². The second-order valence-electron chi connectivity index (χ2n) is 4.42. The molecule has 0 aliphatic heterocycles. The molecular formula is C13H21NO3. The van der Waals surface area contributed by atoms with Crippen molar-refractivity contribution in [3.05, 3.63) is 23.8 Å². The van der Waals surface area contributed by atoms with Crippen LogP contribution in [0.5, 0.6) is 11.5 Å². The molecule has 96 valence electrons. The number of nitrogens with one attached hydrogen (secondary N) is 1. The average molecular weight is 239 g/mol. The summed E-state index contributed by atoms with van der Waals surface area (Å²) in [5.74, 6) is 0.972. The van der Waals surface area contributed by atoms with Crippen LogP contribution in [0.4, 0.5) is 0 Å². The first-order chi connectivity index (χ1) is 8.08. The molecule has 0 radical (unpaired) electrons. The second kappa shape index (κ2) is 6.47. The van der Waals surface area contributed by atoms with E-state index in [2.05, 4.69) is 19.2 Å². The van der Waals surface area contributed by atoms with Crippen LogP contribution in [0.2, 0.25) is 0 Å². The number of aromatic hydroxyl groups is 1. The van der Waals surface area contributed by atoms with E-state index in [9.17, 15) is 10.2 Å². The van der Waals surface area contributed by atoms with Crippen LogP contribution in [0, 0.1) is 5.92 Å². The molecule has 0 aliphatic rings. The molecule has 0 saturated carbocycles. The number of ether oxygens (including phenoxy) is 1. The molecule has 0 heterocycles. The van der Waals surface area contributed by atoms with E-state index >= 15 is 0 Å². The van der Waals surface area contributed by atoms with Gasteiger partial charge in [0.1, 0.15) is 0 Å². The summed E-state index contributed by atoms with van der Waals surface area (Å²) in [5.41, 5.74) is 0.961. The lowest BCUT2D eigenvalue weighted by molar-refractivity contribution is 0.210. The first-order valence-electron chi connectivity index (χ1n) is 5.78. The average Bonchev–Trinajstić information content (AvgIpc) is 2.29. The highest BCUT2D eigenvalue weighted by Gasteiger charge is 2.11. The van der Waals surface area contributed by atoms with Gasteiger partial charge in [-0.1, -0.05) is 19.9 Å². The summed E-state index contributed by atoms with van der Waals surface area (Å²) in [6, 6.07) is 5.36. The SMILES string of the molecule is COc1ccc(CN[C@H](CO)C(C)C)cc1O. The molecule has 4 heteroatoms. The largest absolute Gasteiger partial charge is 0.504 e. The minimum atomic E-state index is 0.0687. The fraction of sp³-hybridized carbons (Fsp3) is 0.538. The number of aliphatic hydroxyl groups is 1. The predicted octanol–water partition coefficient (Wildman–Crippen LogP) is 1.51. The quantitative estimate of drug-likeness (QED) is 0.704. The third-order valence-corrected chi connectivity index (χ3v) is 2.81. The molecule has 17 heavy (non-hydrogen) atoms. The maximum atomic E-state index is 9.62. The van der Waals surface area contributed by atoms with Crippen molar-refractivity contribution in [2.45, 2.75) is 26.4 Å². The van der Waals surface area contributed by atoms with Crippen molar-refractivity contribution >= 4 is 0 Å². The van der Waals surface area contributed by atoms with Gasteiger partial charge in [-0.2, -0.15) is 0 Å². The molecule has 1 rings (SSSR count). The molecule has 0 fully saturated rings. The van der Waals surface area contributed by atoms with Gasteiger partial charge in [-0.15, -0.1) is 0 Å². The molecule has 0 amide bonds. The van der Waals surface area contributed by atoms with Crippen molar-refractivity contribution in [3.8, 4) is 11.5 Å². The molecule has 0 spiro atoms. The third kappa shape index (κ3) is 3.91. The molecule has 0 unspecified atom stereocenters. The summed E-state index contributed by atoms with van der Waals surface area (Å²) in [6.07, 6.45) is 0. The molecule has 0 saturated heterocycles. The summed E-state index contributed by atoms with van der Waals surface area (Å²) in [6.45, 7) is 4.83. The number of methoxy groups -OCH3 is 1. The van der Waals surface area contributed by atoms with Gasteiger partial charge in [-0.25, -0.2) is 0 Å². The fourth-order valence-electron chi connectivity index (χ4n) is 1.61. The molecule has 1 aromatic carbocycles. The van der Waals surface area contributed by atoms with E-state index in [1.807, 2.05) is 6.07 Å². The Morgan fingerprint density at radius 2 is 2.06 bits per heavy atom. The van der Waals surface area contributed by atoms with Gasteiger partial charge >= 0.3 is 0 Å². The van der Waals surface area contributed by atoms with Gasteiger partial charge in [-0.3, -0.25) is 0 Å². The molecule has 1 aromatic rings. The van der Waals surface area contributed by atoms with E-state index in [-0.39, 0.29) is 18.4 Å². The van der Waals surface area contributed by atoms with Crippen molar-refractivity contribution in [3.63, 3.8) is 0 Å². The second-order valence-corrected chi connectivity index (χ2v) is 4.42. The van der Waals surface area contributed by atoms with Gasteiger partial charge in [0.05, 0.1) is 13.7 Å². The Kier molecular flexibility index (Phi) is 5.25. The van der Waals surface area contributed by atoms with Gasteiger partial charge in [-0.05, 0) is 23.6 Å². The smallest absolute Gasteiger partial charge is 0.160 e. The molecule has 0 bridgehead atoms. The van der Waals surface area contributed by atoms with E-state index in [1.165, 1.54) is 7.11 Å². The van der Waals surface area contributed by atoms with Crippen molar-refractivity contribution in [1.82, 2.24) is 5.32 Å². The number of benzene rings is 1. The van der Waals surface area contributed by atoms with Gasteiger partial charge in [0.2, 0.25) is 0 Å². The molecular weight excluding hydrogens is 218 g/mol. The minimum absolute atomic E-state index is 0.0687. The first-order valence-corrected chi connectivity index (χ1v) is 5.78. The Labute approximate surface area is 102 Å². The summed E-state index contributed by atoms with van der Waals surface area (Å²) in [4.78, 5) is 0. The lowest BCUT2D eigenvalue weighted by Gasteiger charge is -2.20. The Morgan fingerprint density at radius 1 is 1.35 bits per heavy atom. The number of hydrogen-bond donors (Lipinski definition) is 3. The Bertz CT molecular complexity index is 353. The van der Waals surface area contributed by atoms with Crippen molar-refractivity contribution in [2.24, 2.45) is 5.92 Å². The highest BCUT2D eigenvalue weighted by molar-refractivity contribution is 5.41. The first kappa shape index (κ1) is 13.8. The van der Waals surface area contributed by atoms with E-state index in [0.29, 0.717) is 18.2 Å².